The molecule has 2 aliphatic heterocycles. The molecule has 0 atom stereocenters. The lowest BCUT2D eigenvalue weighted by atomic mass is 9.95. The predicted octanol–water partition coefficient (Wildman–Crippen LogP) is 2.59. The smallest absolute Gasteiger partial charge is 0.222 e. The molecule has 2 fully saturated rings. The number of aromatic amines is 1. The van der Waals surface area contributed by atoms with Crippen molar-refractivity contribution in [3.8, 4) is 11.3 Å². The summed E-state index contributed by atoms with van der Waals surface area (Å²) in [5, 5.41) is 9.84. The van der Waals surface area contributed by atoms with Crippen LogP contribution in [0.3, 0.4) is 0 Å². The van der Waals surface area contributed by atoms with E-state index in [1.807, 2.05) is 9.80 Å². The van der Waals surface area contributed by atoms with Gasteiger partial charge in [-0.05, 0) is 37.3 Å². The van der Waals surface area contributed by atoms with Gasteiger partial charge in [0.15, 0.2) is 11.6 Å². The van der Waals surface area contributed by atoms with Gasteiger partial charge in [0.05, 0.1) is 11.9 Å². The van der Waals surface area contributed by atoms with Gasteiger partial charge in [0.2, 0.25) is 5.91 Å². The van der Waals surface area contributed by atoms with Crippen molar-refractivity contribution in [1.82, 2.24) is 20.3 Å². The number of amides is 1. The van der Waals surface area contributed by atoms with E-state index in [0.29, 0.717) is 25.4 Å². The number of nitrogens with one attached hydrogen (secondary N) is 1. The fraction of sp³-hybridized carbons (Fsp3) is 0.500. The number of hydrogen-bond acceptors (Lipinski definition) is 4. The minimum Gasteiger partial charge on any atom is -0.369 e. The predicted molar refractivity (Wildman–Crippen MR) is 92.5 cm³/mol. The second-order valence-corrected chi connectivity index (χ2v) is 6.99. The van der Waals surface area contributed by atoms with Crippen molar-refractivity contribution >= 4 is 11.6 Å². The molecule has 1 aromatic heterocycles. The number of likely N-dealkylation sites (tertiary alicyclic amines) is 1. The number of halogens is 2. The maximum absolute atomic E-state index is 14.6. The van der Waals surface area contributed by atoms with Crippen LogP contribution in [0, 0.1) is 17.6 Å². The molecule has 6 nitrogen and oxygen atoms in total. The third-order valence-corrected chi connectivity index (χ3v) is 5.36. The molecule has 0 radical (unpaired) electrons. The molecule has 8 heteroatoms. The lowest BCUT2D eigenvalue weighted by Gasteiger charge is -2.35. The van der Waals surface area contributed by atoms with Gasteiger partial charge in [0.25, 0.3) is 0 Å². The van der Waals surface area contributed by atoms with Crippen molar-refractivity contribution < 1.29 is 13.6 Å². The van der Waals surface area contributed by atoms with E-state index in [1.165, 1.54) is 6.20 Å². The molecule has 0 unspecified atom stereocenters. The van der Waals surface area contributed by atoms with E-state index in [9.17, 15) is 13.6 Å². The molecule has 26 heavy (non-hydrogen) atoms. The first-order valence-corrected chi connectivity index (χ1v) is 9.00. The fourth-order valence-electron chi connectivity index (χ4n) is 3.88. The van der Waals surface area contributed by atoms with E-state index < -0.39 is 11.6 Å². The summed E-state index contributed by atoms with van der Waals surface area (Å²) in [5.74, 6) is -1.08. The standard InChI is InChI=1S/C18H21F2N5O/c19-17-13(14-10-21-23-22-14)3-4-15(18(17)20)24-8-5-12(6-9-24)11-25-7-1-2-16(25)26/h3-4,10,12H,1-2,5-9,11H2,(H,21,22,23). The van der Waals surface area contributed by atoms with Gasteiger partial charge in [-0.2, -0.15) is 15.4 Å². The van der Waals surface area contributed by atoms with E-state index in [2.05, 4.69) is 15.4 Å². The van der Waals surface area contributed by atoms with E-state index >= 15 is 0 Å². The highest BCUT2D eigenvalue weighted by molar-refractivity contribution is 5.78. The van der Waals surface area contributed by atoms with Crippen molar-refractivity contribution in [2.24, 2.45) is 5.92 Å². The molecular formula is C18H21F2N5O. The molecule has 0 saturated carbocycles. The Morgan fingerprint density at radius 3 is 2.62 bits per heavy atom. The molecule has 1 N–H and O–H groups in total. The monoisotopic (exact) mass is 361 g/mol. The molecule has 0 bridgehead atoms. The Labute approximate surface area is 150 Å². The molecule has 1 aromatic carbocycles. The largest absolute Gasteiger partial charge is 0.369 e. The van der Waals surface area contributed by atoms with E-state index in [1.54, 1.807) is 12.1 Å². The SMILES string of the molecule is O=C1CCCN1CC1CCN(c2ccc(-c3cn[nH]n3)c(F)c2F)CC1. The van der Waals surface area contributed by atoms with Gasteiger partial charge in [-0.15, -0.1) is 0 Å². The first-order chi connectivity index (χ1) is 12.6. The fourth-order valence-corrected chi connectivity index (χ4v) is 3.88. The third kappa shape index (κ3) is 3.15. The van der Waals surface area contributed by atoms with Crippen LogP contribution in [0.25, 0.3) is 11.3 Å². The second-order valence-electron chi connectivity index (χ2n) is 6.99. The highest BCUT2D eigenvalue weighted by atomic mass is 19.2. The Bertz CT molecular complexity index is 787. The number of benzene rings is 1. The van der Waals surface area contributed by atoms with Gasteiger partial charge >= 0.3 is 0 Å². The van der Waals surface area contributed by atoms with Crippen LogP contribution in [0.2, 0.25) is 0 Å². The van der Waals surface area contributed by atoms with Crippen LogP contribution >= 0.6 is 0 Å². The van der Waals surface area contributed by atoms with Crippen LogP contribution < -0.4 is 4.90 Å². The van der Waals surface area contributed by atoms with Crippen LogP contribution in [0.15, 0.2) is 18.3 Å². The number of H-pyrrole nitrogens is 1. The van der Waals surface area contributed by atoms with Gasteiger partial charge < -0.3 is 9.80 Å². The van der Waals surface area contributed by atoms with Crippen LogP contribution in [0.4, 0.5) is 14.5 Å². The normalized spacial score (nSPS) is 18.8. The molecule has 0 spiro atoms. The van der Waals surface area contributed by atoms with Crippen molar-refractivity contribution in [2.45, 2.75) is 25.7 Å². The number of carbonyl (C=O) groups excluding carboxylic acids is 1. The number of anilines is 1. The maximum Gasteiger partial charge on any atom is 0.222 e. The lowest BCUT2D eigenvalue weighted by molar-refractivity contribution is -0.128. The van der Waals surface area contributed by atoms with Gasteiger partial charge in [-0.1, -0.05) is 0 Å². The summed E-state index contributed by atoms with van der Waals surface area (Å²) in [7, 11) is 0. The number of piperidine rings is 1. The Morgan fingerprint density at radius 1 is 1.15 bits per heavy atom. The Hall–Kier alpha value is -2.51. The lowest BCUT2D eigenvalue weighted by Crippen LogP contribution is -2.39. The van der Waals surface area contributed by atoms with Crippen LogP contribution in [-0.2, 0) is 4.79 Å². The minimum absolute atomic E-state index is 0.0995. The molecule has 2 aliphatic rings. The van der Waals surface area contributed by atoms with Crippen LogP contribution in [-0.4, -0.2) is 52.4 Å². The van der Waals surface area contributed by atoms with Crippen molar-refractivity contribution in [3.05, 3.63) is 30.0 Å². The molecular weight excluding hydrogens is 340 g/mol. The zero-order valence-electron chi connectivity index (χ0n) is 14.4. The molecule has 4 rings (SSSR count). The minimum atomic E-state index is -0.902. The van der Waals surface area contributed by atoms with Crippen molar-refractivity contribution in [3.63, 3.8) is 0 Å². The zero-order chi connectivity index (χ0) is 18.1. The summed E-state index contributed by atoms with van der Waals surface area (Å²) in [6, 6.07) is 3.15. The maximum atomic E-state index is 14.6. The average Bonchev–Trinajstić information content (AvgIpc) is 3.31. The average molecular weight is 361 g/mol. The Balaban J connectivity index is 1.43. The number of hydrogen-bond donors (Lipinski definition) is 1. The van der Waals surface area contributed by atoms with Gasteiger partial charge in [0.1, 0.15) is 5.69 Å². The van der Waals surface area contributed by atoms with E-state index in [-0.39, 0.29) is 22.9 Å². The van der Waals surface area contributed by atoms with E-state index in [0.717, 1.165) is 32.4 Å². The van der Waals surface area contributed by atoms with Crippen molar-refractivity contribution in [2.75, 3.05) is 31.1 Å². The van der Waals surface area contributed by atoms with Gasteiger partial charge in [-0.3, -0.25) is 4.79 Å². The number of aromatic nitrogens is 3. The first kappa shape index (κ1) is 16.9. The summed E-state index contributed by atoms with van der Waals surface area (Å²) in [5.41, 5.74) is 0.662. The number of carbonyl (C=O) groups is 1. The van der Waals surface area contributed by atoms with Gasteiger partial charge in [-0.25, -0.2) is 8.78 Å². The second kappa shape index (κ2) is 7.01. The highest BCUT2D eigenvalue weighted by Gasteiger charge is 2.28. The topological polar surface area (TPSA) is 65.1 Å². The molecule has 3 heterocycles. The first-order valence-electron chi connectivity index (χ1n) is 9.00. The summed E-state index contributed by atoms with van der Waals surface area (Å²) in [6.45, 7) is 2.95. The van der Waals surface area contributed by atoms with Crippen molar-refractivity contribution in [1.29, 1.82) is 0 Å². The molecule has 0 aliphatic carbocycles. The summed E-state index contributed by atoms with van der Waals surface area (Å²) >= 11 is 0. The third-order valence-electron chi connectivity index (χ3n) is 5.36. The Kier molecular flexibility index (Phi) is 4.57. The van der Waals surface area contributed by atoms with Crippen LogP contribution in [0.5, 0.6) is 0 Å². The summed E-state index contributed by atoms with van der Waals surface area (Å²) < 4.78 is 29.0. The van der Waals surface area contributed by atoms with Crippen LogP contribution in [0.1, 0.15) is 25.7 Å². The van der Waals surface area contributed by atoms with Gasteiger partial charge in [0, 0.05) is 38.2 Å². The summed E-state index contributed by atoms with van der Waals surface area (Å²) in [4.78, 5) is 15.6. The number of nitrogens with zero attached hydrogens (tertiary/aromatic N) is 4. The molecule has 2 saturated heterocycles. The summed E-state index contributed by atoms with van der Waals surface area (Å²) in [6.07, 6.45) is 4.70. The zero-order valence-corrected chi connectivity index (χ0v) is 14.4. The molecule has 1 amide bonds. The quantitative estimate of drug-likeness (QED) is 0.909. The molecule has 2 aromatic rings. The Morgan fingerprint density at radius 2 is 1.96 bits per heavy atom. The van der Waals surface area contributed by atoms with E-state index in [4.69, 9.17) is 0 Å². The highest BCUT2D eigenvalue weighted by Crippen LogP contribution is 2.32. The molecule has 138 valence electrons. The number of rotatable bonds is 4.